The van der Waals surface area contributed by atoms with Gasteiger partial charge >= 0.3 is 6.03 Å². The zero-order valence-electron chi connectivity index (χ0n) is 15.3. The highest BCUT2D eigenvalue weighted by atomic mass is 16.2. The van der Waals surface area contributed by atoms with Gasteiger partial charge in [0, 0.05) is 37.2 Å². The third-order valence-corrected chi connectivity index (χ3v) is 4.01. The van der Waals surface area contributed by atoms with Crippen molar-refractivity contribution in [1.29, 1.82) is 0 Å². The number of nitrogens with one attached hydrogen (secondary N) is 3. The van der Waals surface area contributed by atoms with Gasteiger partial charge in [-0.2, -0.15) is 0 Å². The van der Waals surface area contributed by atoms with Crippen molar-refractivity contribution in [1.82, 2.24) is 20.6 Å². The van der Waals surface area contributed by atoms with Crippen LogP contribution >= 0.6 is 0 Å². The number of carbonyl (C=O) groups excluding carboxylic acids is 2. The van der Waals surface area contributed by atoms with Crippen molar-refractivity contribution in [2.24, 2.45) is 0 Å². The van der Waals surface area contributed by atoms with Gasteiger partial charge in [-0.05, 0) is 35.9 Å². The summed E-state index contributed by atoms with van der Waals surface area (Å²) in [6.07, 6.45) is 3.38. The number of pyridine rings is 2. The smallest absolute Gasteiger partial charge is 0.319 e. The second-order valence-corrected chi connectivity index (χ2v) is 5.95. The number of nitrogens with two attached hydrogens (primary N) is 1. The van der Waals surface area contributed by atoms with Crippen LogP contribution in [0.4, 0.5) is 16.3 Å². The molecule has 0 aliphatic carbocycles. The number of aromatic nitrogens is 2. The van der Waals surface area contributed by atoms with Gasteiger partial charge in [0.05, 0.1) is 11.3 Å². The van der Waals surface area contributed by atoms with Crippen LogP contribution in [0, 0.1) is 0 Å². The molecule has 2 heterocycles. The highest BCUT2D eigenvalue weighted by Crippen LogP contribution is 2.22. The van der Waals surface area contributed by atoms with Gasteiger partial charge < -0.3 is 21.7 Å². The Bertz CT molecular complexity index is 974. The normalized spacial score (nSPS) is 10.2. The number of rotatable bonds is 5. The summed E-state index contributed by atoms with van der Waals surface area (Å²) < 4.78 is 0. The van der Waals surface area contributed by atoms with Crippen LogP contribution in [0.2, 0.25) is 0 Å². The van der Waals surface area contributed by atoms with Gasteiger partial charge in [0.1, 0.15) is 5.82 Å². The average Bonchev–Trinajstić information content (AvgIpc) is 2.73. The van der Waals surface area contributed by atoms with E-state index >= 15 is 0 Å². The molecule has 0 saturated heterocycles. The van der Waals surface area contributed by atoms with Crippen molar-refractivity contribution in [3.63, 3.8) is 0 Å². The Kier molecular flexibility index (Phi) is 5.81. The lowest BCUT2D eigenvalue weighted by Crippen LogP contribution is -2.28. The molecule has 0 spiro atoms. The van der Waals surface area contributed by atoms with Crippen molar-refractivity contribution in [3.05, 3.63) is 72.1 Å². The van der Waals surface area contributed by atoms with Crippen LogP contribution in [0.3, 0.4) is 0 Å². The van der Waals surface area contributed by atoms with E-state index in [4.69, 9.17) is 5.73 Å². The van der Waals surface area contributed by atoms with Crippen LogP contribution < -0.4 is 21.7 Å². The highest BCUT2D eigenvalue weighted by Gasteiger charge is 2.11. The van der Waals surface area contributed by atoms with Crippen LogP contribution in [0.15, 0.2) is 60.9 Å². The van der Waals surface area contributed by atoms with Gasteiger partial charge in [-0.25, -0.2) is 9.78 Å². The maximum atomic E-state index is 12.0. The molecule has 3 amide bonds. The molecule has 8 nitrogen and oxygen atoms in total. The fourth-order valence-electron chi connectivity index (χ4n) is 2.55. The SMILES string of the molecule is CNC(=O)c1ccc(-c2ccc(NC(=O)NCc3cccnc3)cc2)nc1N. The van der Waals surface area contributed by atoms with E-state index in [1.165, 1.54) is 7.05 Å². The Morgan fingerprint density at radius 3 is 2.50 bits per heavy atom. The van der Waals surface area contributed by atoms with Crippen LogP contribution in [-0.4, -0.2) is 29.0 Å². The Balaban J connectivity index is 1.62. The standard InChI is InChI=1S/C20H20N6O2/c1-22-19(27)16-8-9-17(26-18(16)21)14-4-6-15(7-5-14)25-20(28)24-12-13-3-2-10-23-11-13/h2-11H,12H2,1H3,(H2,21,26)(H,22,27)(H2,24,25,28). The molecule has 8 heteroatoms. The lowest BCUT2D eigenvalue weighted by Gasteiger charge is -2.09. The van der Waals surface area contributed by atoms with E-state index in [9.17, 15) is 9.59 Å². The molecule has 28 heavy (non-hydrogen) atoms. The maximum Gasteiger partial charge on any atom is 0.319 e. The van der Waals surface area contributed by atoms with E-state index < -0.39 is 0 Å². The summed E-state index contributed by atoms with van der Waals surface area (Å²) in [5.41, 5.74) is 9.21. The first-order valence-electron chi connectivity index (χ1n) is 8.59. The third kappa shape index (κ3) is 4.61. The number of hydrogen-bond donors (Lipinski definition) is 4. The number of urea groups is 1. The van der Waals surface area contributed by atoms with Crippen LogP contribution in [0.1, 0.15) is 15.9 Å². The summed E-state index contributed by atoms with van der Waals surface area (Å²) >= 11 is 0. The number of benzene rings is 1. The molecule has 1 aromatic carbocycles. The fraction of sp³-hybridized carbons (Fsp3) is 0.100. The maximum absolute atomic E-state index is 12.0. The summed E-state index contributed by atoms with van der Waals surface area (Å²) in [6.45, 7) is 0.388. The van der Waals surface area contributed by atoms with Gasteiger partial charge in [0.2, 0.25) is 0 Å². The zero-order chi connectivity index (χ0) is 19.9. The molecule has 0 aliphatic rings. The van der Waals surface area contributed by atoms with Crippen LogP contribution in [-0.2, 0) is 6.54 Å². The molecule has 0 fully saturated rings. The molecule has 5 N–H and O–H groups in total. The molecule has 142 valence electrons. The molecular weight excluding hydrogens is 356 g/mol. The van der Waals surface area contributed by atoms with Gasteiger partial charge in [0.15, 0.2) is 0 Å². The first kappa shape index (κ1) is 18.8. The Hall–Kier alpha value is -3.94. The first-order chi connectivity index (χ1) is 13.6. The summed E-state index contributed by atoms with van der Waals surface area (Å²) in [5.74, 6) is -0.123. The van der Waals surface area contributed by atoms with Crippen LogP contribution in [0.25, 0.3) is 11.3 Å². The lowest BCUT2D eigenvalue weighted by atomic mass is 10.1. The van der Waals surface area contributed by atoms with Crippen molar-refractivity contribution in [3.8, 4) is 11.3 Å². The topological polar surface area (TPSA) is 122 Å². The van der Waals surface area contributed by atoms with Crippen molar-refractivity contribution in [2.45, 2.75) is 6.54 Å². The molecule has 3 aromatic rings. The van der Waals surface area contributed by atoms with E-state index in [0.29, 0.717) is 23.5 Å². The summed E-state index contributed by atoms with van der Waals surface area (Å²) in [5, 5.41) is 8.05. The largest absolute Gasteiger partial charge is 0.383 e. The fourth-order valence-corrected chi connectivity index (χ4v) is 2.55. The molecule has 3 rings (SSSR count). The predicted molar refractivity (Wildman–Crippen MR) is 108 cm³/mol. The van der Waals surface area contributed by atoms with Crippen molar-refractivity contribution in [2.75, 3.05) is 18.1 Å². The van der Waals surface area contributed by atoms with E-state index in [-0.39, 0.29) is 17.8 Å². The number of anilines is 2. The van der Waals surface area contributed by atoms with Crippen LogP contribution in [0.5, 0.6) is 0 Å². The second-order valence-electron chi connectivity index (χ2n) is 5.95. The van der Waals surface area contributed by atoms with Gasteiger partial charge in [-0.15, -0.1) is 0 Å². The zero-order valence-corrected chi connectivity index (χ0v) is 15.3. The second kappa shape index (κ2) is 8.63. The number of nitrogen functional groups attached to an aromatic ring is 1. The average molecular weight is 376 g/mol. The minimum absolute atomic E-state index is 0.161. The summed E-state index contributed by atoms with van der Waals surface area (Å²) in [6, 6.07) is 13.9. The molecule has 0 atom stereocenters. The first-order valence-corrected chi connectivity index (χ1v) is 8.59. The Morgan fingerprint density at radius 1 is 1.07 bits per heavy atom. The van der Waals surface area contributed by atoms with Crippen molar-refractivity contribution >= 4 is 23.4 Å². The van der Waals surface area contributed by atoms with E-state index in [1.807, 2.05) is 24.3 Å². The van der Waals surface area contributed by atoms with Crippen molar-refractivity contribution < 1.29 is 9.59 Å². The number of carbonyl (C=O) groups is 2. The number of hydrogen-bond acceptors (Lipinski definition) is 5. The summed E-state index contributed by atoms with van der Waals surface area (Å²) in [7, 11) is 1.54. The van der Waals surface area contributed by atoms with E-state index in [0.717, 1.165) is 11.1 Å². The van der Waals surface area contributed by atoms with E-state index in [1.54, 1.807) is 36.7 Å². The third-order valence-electron chi connectivity index (χ3n) is 4.01. The van der Waals surface area contributed by atoms with E-state index in [2.05, 4.69) is 25.9 Å². The quantitative estimate of drug-likeness (QED) is 0.545. The number of amides is 3. The molecule has 2 aromatic heterocycles. The minimum Gasteiger partial charge on any atom is -0.383 e. The molecule has 0 radical (unpaired) electrons. The Labute approximate surface area is 162 Å². The molecular formula is C20H20N6O2. The summed E-state index contributed by atoms with van der Waals surface area (Å²) in [4.78, 5) is 32.0. The predicted octanol–water partition coefficient (Wildman–Crippen LogP) is 2.41. The number of nitrogens with zero attached hydrogens (tertiary/aromatic N) is 2. The minimum atomic E-state index is -0.311. The van der Waals surface area contributed by atoms with Gasteiger partial charge in [-0.3, -0.25) is 9.78 Å². The molecule has 0 saturated carbocycles. The molecule has 0 unspecified atom stereocenters. The Morgan fingerprint density at radius 2 is 1.86 bits per heavy atom. The molecule has 0 bridgehead atoms. The lowest BCUT2D eigenvalue weighted by molar-refractivity contribution is 0.0963. The highest BCUT2D eigenvalue weighted by molar-refractivity contribution is 5.98. The monoisotopic (exact) mass is 376 g/mol. The molecule has 0 aliphatic heterocycles. The van der Waals surface area contributed by atoms with Gasteiger partial charge in [-0.1, -0.05) is 18.2 Å². The van der Waals surface area contributed by atoms with Gasteiger partial charge in [0.25, 0.3) is 5.91 Å².